The van der Waals surface area contributed by atoms with E-state index < -0.39 is 5.60 Å². The van der Waals surface area contributed by atoms with Crippen LogP contribution in [0.1, 0.15) is 72.6 Å². The molecular weight excluding hydrogens is 264 g/mol. The van der Waals surface area contributed by atoms with Gasteiger partial charge in [-0.05, 0) is 59.8 Å². The zero-order chi connectivity index (χ0) is 15.5. The minimum Gasteiger partial charge on any atom is -0.444 e. The van der Waals surface area contributed by atoms with Crippen LogP contribution in [-0.4, -0.2) is 41.3 Å². The van der Waals surface area contributed by atoms with E-state index in [4.69, 9.17) is 4.74 Å². The van der Waals surface area contributed by atoms with E-state index in [1.165, 1.54) is 32.1 Å². The van der Waals surface area contributed by atoms with Crippen LogP contribution in [0.2, 0.25) is 0 Å². The molecule has 4 heteroatoms. The van der Waals surface area contributed by atoms with E-state index in [9.17, 15) is 4.79 Å². The van der Waals surface area contributed by atoms with E-state index in [1.54, 1.807) is 0 Å². The van der Waals surface area contributed by atoms with Gasteiger partial charge in [0.2, 0.25) is 0 Å². The Hall–Kier alpha value is -0.770. The summed E-state index contributed by atoms with van der Waals surface area (Å²) in [5.41, 5.74) is -0.138. The van der Waals surface area contributed by atoms with E-state index in [0.29, 0.717) is 0 Å². The monoisotopic (exact) mass is 296 g/mol. The standard InChI is InChI=1S/C17H32N2O2/c1-16(2,3)21-15(20)19-12-8-5-9-14(19)13-18-17(4)10-6-7-11-17/h14,18H,5-13H2,1-4H3. The molecule has 21 heavy (non-hydrogen) atoms. The van der Waals surface area contributed by atoms with Gasteiger partial charge in [-0.1, -0.05) is 12.8 Å². The Bertz CT molecular complexity index is 356. The number of carbonyl (C=O) groups is 1. The molecule has 0 aromatic heterocycles. The van der Waals surface area contributed by atoms with Gasteiger partial charge in [-0.2, -0.15) is 0 Å². The third-order valence-electron chi connectivity index (χ3n) is 4.73. The fourth-order valence-electron chi connectivity index (χ4n) is 3.47. The lowest BCUT2D eigenvalue weighted by molar-refractivity contribution is 0.00910. The number of hydrogen-bond acceptors (Lipinski definition) is 3. The van der Waals surface area contributed by atoms with Crippen molar-refractivity contribution in [3.05, 3.63) is 0 Å². The van der Waals surface area contributed by atoms with Gasteiger partial charge < -0.3 is 15.0 Å². The van der Waals surface area contributed by atoms with Gasteiger partial charge in [0.1, 0.15) is 5.60 Å². The molecule has 1 amide bonds. The van der Waals surface area contributed by atoms with Crippen molar-refractivity contribution in [2.45, 2.75) is 89.8 Å². The number of carbonyl (C=O) groups excluding carboxylic acids is 1. The SMILES string of the molecule is CC1(NCC2CCCCN2C(=O)OC(C)(C)C)CCCC1. The Kier molecular flexibility index (Phi) is 5.18. The summed E-state index contributed by atoms with van der Waals surface area (Å²) >= 11 is 0. The van der Waals surface area contributed by atoms with Crippen LogP contribution in [0, 0.1) is 0 Å². The van der Waals surface area contributed by atoms with Gasteiger partial charge in [-0.3, -0.25) is 0 Å². The molecule has 1 saturated heterocycles. The molecule has 1 aliphatic heterocycles. The predicted octanol–water partition coefficient (Wildman–Crippen LogP) is 3.70. The van der Waals surface area contributed by atoms with Crippen molar-refractivity contribution in [2.24, 2.45) is 0 Å². The normalized spacial score (nSPS) is 25.9. The topological polar surface area (TPSA) is 41.6 Å². The van der Waals surface area contributed by atoms with Gasteiger partial charge >= 0.3 is 6.09 Å². The highest BCUT2D eigenvalue weighted by Gasteiger charge is 2.33. The first kappa shape index (κ1) is 16.6. The number of nitrogens with one attached hydrogen (secondary N) is 1. The summed E-state index contributed by atoms with van der Waals surface area (Å²) in [5, 5.41) is 3.73. The highest BCUT2D eigenvalue weighted by Crippen LogP contribution is 2.29. The van der Waals surface area contributed by atoms with Crippen LogP contribution in [0.15, 0.2) is 0 Å². The highest BCUT2D eigenvalue weighted by atomic mass is 16.6. The van der Waals surface area contributed by atoms with Crippen LogP contribution < -0.4 is 5.32 Å². The van der Waals surface area contributed by atoms with E-state index >= 15 is 0 Å². The molecule has 0 spiro atoms. The van der Waals surface area contributed by atoms with Crippen molar-refractivity contribution in [1.82, 2.24) is 10.2 Å². The van der Waals surface area contributed by atoms with E-state index in [0.717, 1.165) is 25.9 Å². The molecule has 1 saturated carbocycles. The molecule has 0 radical (unpaired) electrons. The Morgan fingerprint density at radius 1 is 1.24 bits per heavy atom. The molecule has 2 aliphatic rings. The van der Waals surface area contributed by atoms with Crippen LogP contribution in [0.25, 0.3) is 0 Å². The minimum absolute atomic E-state index is 0.148. The first-order chi connectivity index (χ1) is 9.79. The fourth-order valence-corrected chi connectivity index (χ4v) is 3.47. The van der Waals surface area contributed by atoms with Crippen molar-refractivity contribution < 1.29 is 9.53 Å². The number of hydrogen-bond donors (Lipinski definition) is 1. The molecule has 0 aromatic rings. The lowest BCUT2D eigenvalue weighted by atomic mass is 9.98. The molecular formula is C17H32N2O2. The smallest absolute Gasteiger partial charge is 0.410 e. The maximum absolute atomic E-state index is 12.4. The number of nitrogens with zero attached hydrogens (tertiary/aromatic N) is 1. The Morgan fingerprint density at radius 2 is 1.90 bits per heavy atom. The maximum Gasteiger partial charge on any atom is 0.410 e. The number of piperidine rings is 1. The van der Waals surface area contributed by atoms with Crippen LogP contribution in [0.5, 0.6) is 0 Å². The van der Waals surface area contributed by atoms with Crippen LogP contribution in [0.3, 0.4) is 0 Å². The number of amides is 1. The third kappa shape index (κ3) is 4.87. The van der Waals surface area contributed by atoms with Gasteiger partial charge in [0.05, 0.1) is 0 Å². The lowest BCUT2D eigenvalue weighted by Crippen LogP contribution is -2.53. The van der Waals surface area contributed by atoms with E-state index in [-0.39, 0.29) is 17.7 Å². The second-order valence-electron chi connectivity index (χ2n) is 7.97. The molecule has 1 heterocycles. The average Bonchev–Trinajstić information content (AvgIpc) is 2.82. The highest BCUT2D eigenvalue weighted by molar-refractivity contribution is 5.68. The van der Waals surface area contributed by atoms with Crippen LogP contribution in [0.4, 0.5) is 4.79 Å². The van der Waals surface area contributed by atoms with Crippen molar-refractivity contribution in [2.75, 3.05) is 13.1 Å². The summed E-state index contributed by atoms with van der Waals surface area (Å²) in [6, 6.07) is 0.283. The molecule has 1 aliphatic carbocycles. The summed E-state index contributed by atoms with van der Waals surface area (Å²) in [6.45, 7) is 9.85. The Morgan fingerprint density at radius 3 is 2.52 bits per heavy atom. The largest absolute Gasteiger partial charge is 0.444 e. The Labute approximate surface area is 129 Å². The average molecular weight is 296 g/mol. The minimum atomic E-state index is -0.413. The van der Waals surface area contributed by atoms with Crippen LogP contribution >= 0.6 is 0 Å². The third-order valence-corrected chi connectivity index (χ3v) is 4.73. The first-order valence-corrected chi connectivity index (χ1v) is 8.54. The number of ether oxygens (including phenoxy) is 1. The van der Waals surface area contributed by atoms with E-state index in [2.05, 4.69) is 12.2 Å². The van der Waals surface area contributed by atoms with Crippen molar-refractivity contribution in [3.63, 3.8) is 0 Å². The summed E-state index contributed by atoms with van der Waals surface area (Å²) in [5.74, 6) is 0. The Balaban J connectivity index is 1.90. The molecule has 2 fully saturated rings. The summed E-state index contributed by atoms with van der Waals surface area (Å²) in [6.07, 6.45) is 8.40. The zero-order valence-electron chi connectivity index (χ0n) is 14.2. The predicted molar refractivity (Wildman–Crippen MR) is 85.5 cm³/mol. The molecule has 4 nitrogen and oxygen atoms in total. The van der Waals surface area contributed by atoms with Crippen molar-refractivity contribution >= 4 is 6.09 Å². The molecule has 0 bridgehead atoms. The van der Waals surface area contributed by atoms with Crippen LogP contribution in [-0.2, 0) is 4.74 Å². The summed E-state index contributed by atoms with van der Waals surface area (Å²) in [4.78, 5) is 14.3. The lowest BCUT2D eigenvalue weighted by Gasteiger charge is -2.38. The number of likely N-dealkylation sites (tertiary alicyclic amines) is 1. The molecule has 122 valence electrons. The second-order valence-corrected chi connectivity index (χ2v) is 7.97. The van der Waals surface area contributed by atoms with Gasteiger partial charge in [0, 0.05) is 24.7 Å². The van der Waals surface area contributed by atoms with Crippen molar-refractivity contribution in [1.29, 1.82) is 0 Å². The molecule has 2 rings (SSSR count). The van der Waals surface area contributed by atoms with Crippen molar-refractivity contribution in [3.8, 4) is 0 Å². The molecule has 0 aromatic carbocycles. The van der Waals surface area contributed by atoms with Gasteiger partial charge in [-0.15, -0.1) is 0 Å². The first-order valence-electron chi connectivity index (χ1n) is 8.54. The van der Waals surface area contributed by atoms with Gasteiger partial charge in [0.15, 0.2) is 0 Å². The zero-order valence-corrected chi connectivity index (χ0v) is 14.2. The molecule has 1 unspecified atom stereocenters. The molecule has 1 atom stereocenters. The summed E-state index contributed by atoms with van der Waals surface area (Å²) in [7, 11) is 0. The quantitative estimate of drug-likeness (QED) is 0.863. The molecule has 1 N–H and O–H groups in total. The number of rotatable bonds is 3. The summed E-state index contributed by atoms with van der Waals surface area (Å²) < 4.78 is 5.56. The fraction of sp³-hybridized carbons (Fsp3) is 0.941. The van der Waals surface area contributed by atoms with E-state index in [1.807, 2.05) is 25.7 Å². The second kappa shape index (κ2) is 6.55. The van der Waals surface area contributed by atoms with Gasteiger partial charge in [0.25, 0.3) is 0 Å². The van der Waals surface area contributed by atoms with Gasteiger partial charge in [-0.25, -0.2) is 4.79 Å². The maximum atomic E-state index is 12.4.